The number of carbonyl (C=O) groups is 3. The van der Waals surface area contributed by atoms with E-state index in [1.165, 1.54) is 6.08 Å². The number of Topliss-reactive ketones (excluding diaryl/α,β-unsaturated/α-hetero) is 1. The number of hydrogen-bond donors (Lipinski definition) is 0. The summed E-state index contributed by atoms with van der Waals surface area (Å²) in [6.45, 7) is 2.53. The van der Waals surface area contributed by atoms with Gasteiger partial charge in [-0.1, -0.05) is 24.3 Å². The molecule has 1 fully saturated rings. The van der Waals surface area contributed by atoms with E-state index in [0.29, 0.717) is 42.1 Å². The van der Waals surface area contributed by atoms with Crippen molar-refractivity contribution in [2.45, 2.75) is 19.8 Å². The Balaban J connectivity index is 1.63. The van der Waals surface area contributed by atoms with E-state index in [-0.39, 0.29) is 11.5 Å². The van der Waals surface area contributed by atoms with Crippen molar-refractivity contribution in [2.75, 3.05) is 24.7 Å². The van der Waals surface area contributed by atoms with Gasteiger partial charge < -0.3 is 14.4 Å². The highest BCUT2D eigenvalue weighted by Gasteiger charge is 2.22. The first-order valence-electron chi connectivity index (χ1n) is 9.97. The van der Waals surface area contributed by atoms with Gasteiger partial charge in [-0.05, 0) is 49.2 Å². The number of esters is 1. The first-order chi connectivity index (χ1) is 15.0. The lowest BCUT2D eigenvalue weighted by atomic mass is 10.1. The third kappa shape index (κ3) is 5.58. The number of carbonyl (C=O) groups excluding carboxylic acids is 3. The van der Waals surface area contributed by atoms with Gasteiger partial charge in [0.15, 0.2) is 12.4 Å². The van der Waals surface area contributed by atoms with E-state index in [1.54, 1.807) is 59.5 Å². The molecule has 158 valence electrons. The molecule has 0 radical (unpaired) electrons. The second-order valence-corrected chi connectivity index (χ2v) is 6.87. The van der Waals surface area contributed by atoms with Crippen molar-refractivity contribution >= 4 is 29.4 Å². The third-order valence-corrected chi connectivity index (χ3v) is 4.73. The van der Waals surface area contributed by atoms with Crippen molar-refractivity contribution < 1.29 is 23.9 Å². The molecule has 31 heavy (non-hydrogen) atoms. The summed E-state index contributed by atoms with van der Waals surface area (Å²) in [4.78, 5) is 38.3. The molecule has 3 rings (SSSR count). The summed E-state index contributed by atoms with van der Waals surface area (Å²) in [5.74, 6) is -0.589. The maximum absolute atomic E-state index is 12.5. The Kier molecular flexibility index (Phi) is 7.17. The lowest BCUT2D eigenvalue weighted by Gasteiger charge is -2.16. The molecular weight excluding hydrogens is 396 g/mol. The number of rotatable bonds is 8. The molecule has 0 aliphatic carbocycles. The van der Waals surface area contributed by atoms with Crippen LogP contribution in [0.4, 0.5) is 5.69 Å². The summed E-state index contributed by atoms with van der Waals surface area (Å²) in [5, 5.41) is 9.30. The van der Waals surface area contributed by atoms with Crippen molar-refractivity contribution in [3.8, 4) is 11.8 Å². The van der Waals surface area contributed by atoms with Gasteiger partial charge in [-0.3, -0.25) is 9.59 Å². The van der Waals surface area contributed by atoms with Gasteiger partial charge in [-0.2, -0.15) is 5.26 Å². The van der Waals surface area contributed by atoms with Crippen LogP contribution in [0.15, 0.2) is 54.1 Å². The number of ether oxygens (including phenoxy) is 2. The number of benzene rings is 2. The van der Waals surface area contributed by atoms with E-state index in [9.17, 15) is 19.6 Å². The first kappa shape index (κ1) is 21.8. The summed E-state index contributed by atoms with van der Waals surface area (Å²) in [6.07, 6.45) is 2.67. The van der Waals surface area contributed by atoms with Crippen LogP contribution in [0.1, 0.15) is 35.7 Å². The number of ketones is 1. The van der Waals surface area contributed by atoms with Crippen LogP contribution in [-0.4, -0.2) is 37.4 Å². The minimum atomic E-state index is -0.879. The minimum absolute atomic E-state index is 0.0223. The van der Waals surface area contributed by atoms with E-state index in [1.807, 2.05) is 6.92 Å². The molecule has 0 atom stereocenters. The number of anilines is 1. The van der Waals surface area contributed by atoms with Gasteiger partial charge in [-0.15, -0.1) is 0 Å². The lowest BCUT2D eigenvalue weighted by molar-refractivity contribution is -0.137. The van der Waals surface area contributed by atoms with E-state index in [4.69, 9.17) is 9.47 Å². The molecule has 0 aromatic heterocycles. The predicted molar refractivity (Wildman–Crippen MR) is 115 cm³/mol. The number of amides is 1. The van der Waals surface area contributed by atoms with Crippen LogP contribution < -0.4 is 9.64 Å². The average molecular weight is 418 g/mol. The van der Waals surface area contributed by atoms with Gasteiger partial charge in [0.2, 0.25) is 5.91 Å². The highest BCUT2D eigenvalue weighted by Crippen LogP contribution is 2.22. The molecular formula is C24H22N2O5. The highest BCUT2D eigenvalue weighted by atomic mass is 16.5. The van der Waals surface area contributed by atoms with E-state index < -0.39 is 18.4 Å². The first-order valence-corrected chi connectivity index (χ1v) is 9.97. The molecule has 1 saturated heterocycles. The van der Waals surface area contributed by atoms with Crippen LogP contribution in [0.25, 0.3) is 6.08 Å². The molecule has 1 amide bonds. The Hall–Kier alpha value is -3.92. The fraction of sp³-hybridized carbons (Fsp3) is 0.250. The second-order valence-electron chi connectivity index (χ2n) is 6.87. The van der Waals surface area contributed by atoms with Gasteiger partial charge in [0.05, 0.1) is 6.61 Å². The zero-order chi connectivity index (χ0) is 22.2. The molecule has 2 aromatic rings. The van der Waals surface area contributed by atoms with Gasteiger partial charge in [0.25, 0.3) is 0 Å². The normalized spacial score (nSPS) is 13.6. The Labute approximate surface area is 180 Å². The van der Waals surface area contributed by atoms with E-state index in [2.05, 4.69) is 0 Å². The largest absolute Gasteiger partial charge is 0.494 e. The molecule has 1 heterocycles. The quantitative estimate of drug-likeness (QED) is 0.282. The predicted octanol–water partition coefficient (Wildman–Crippen LogP) is 3.55. The van der Waals surface area contributed by atoms with Crippen LogP contribution >= 0.6 is 0 Å². The van der Waals surface area contributed by atoms with E-state index >= 15 is 0 Å². The molecule has 7 nitrogen and oxygen atoms in total. The van der Waals surface area contributed by atoms with Crippen LogP contribution in [0.5, 0.6) is 5.75 Å². The monoisotopic (exact) mass is 418 g/mol. The topological polar surface area (TPSA) is 96.7 Å². The van der Waals surface area contributed by atoms with Crippen molar-refractivity contribution in [3.05, 3.63) is 65.2 Å². The SMILES string of the molecule is CCOc1ccc(/C=C(\C#N)C(=O)OCC(=O)c2cccc(N3CCCC3=O)c2)cc1. The molecule has 0 unspecified atom stereocenters. The zero-order valence-corrected chi connectivity index (χ0v) is 17.2. The Bertz CT molecular complexity index is 1050. The molecule has 1 aliphatic heterocycles. The zero-order valence-electron chi connectivity index (χ0n) is 17.2. The van der Waals surface area contributed by atoms with Crippen LogP contribution in [0.2, 0.25) is 0 Å². The van der Waals surface area contributed by atoms with Gasteiger partial charge in [0, 0.05) is 24.2 Å². The summed E-state index contributed by atoms with van der Waals surface area (Å²) >= 11 is 0. The van der Waals surface area contributed by atoms with Crippen molar-refractivity contribution in [1.29, 1.82) is 5.26 Å². The van der Waals surface area contributed by atoms with E-state index in [0.717, 1.165) is 6.42 Å². The third-order valence-electron chi connectivity index (χ3n) is 4.73. The fourth-order valence-electron chi connectivity index (χ4n) is 3.19. The molecule has 0 N–H and O–H groups in total. The Morgan fingerprint density at radius 3 is 2.61 bits per heavy atom. The summed E-state index contributed by atoms with van der Waals surface area (Å²) < 4.78 is 10.4. The molecule has 0 saturated carbocycles. The van der Waals surface area contributed by atoms with Crippen molar-refractivity contribution in [3.63, 3.8) is 0 Å². The standard InChI is InChI=1S/C24H22N2O5/c1-2-30-21-10-8-17(9-11-21)13-19(15-25)24(29)31-16-22(27)18-5-3-6-20(14-18)26-12-4-7-23(26)28/h3,5-6,8-11,13-14H,2,4,7,12,16H2,1H3/b19-13+. The van der Waals surface area contributed by atoms with Crippen molar-refractivity contribution in [1.82, 2.24) is 0 Å². The second kappa shape index (κ2) is 10.2. The number of hydrogen-bond acceptors (Lipinski definition) is 6. The molecule has 0 spiro atoms. The van der Waals surface area contributed by atoms with Gasteiger partial charge in [-0.25, -0.2) is 4.79 Å². The van der Waals surface area contributed by atoms with Crippen molar-refractivity contribution in [2.24, 2.45) is 0 Å². The Morgan fingerprint density at radius 1 is 1.19 bits per heavy atom. The molecule has 2 aromatic carbocycles. The summed E-state index contributed by atoms with van der Waals surface area (Å²) in [6, 6.07) is 15.4. The average Bonchev–Trinajstić information content (AvgIpc) is 3.22. The lowest BCUT2D eigenvalue weighted by Crippen LogP contribution is -2.24. The van der Waals surface area contributed by atoms with Gasteiger partial charge >= 0.3 is 5.97 Å². The van der Waals surface area contributed by atoms with Crippen LogP contribution in [-0.2, 0) is 14.3 Å². The maximum atomic E-state index is 12.5. The fourth-order valence-corrected chi connectivity index (χ4v) is 3.19. The summed E-state index contributed by atoms with van der Waals surface area (Å²) in [5.41, 5.74) is 1.39. The Morgan fingerprint density at radius 2 is 1.97 bits per heavy atom. The molecule has 7 heteroatoms. The summed E-state index contributed by atoms with van der Waals surface area (Å²) in [7, 11) is 0. The smallest absolute Gasteiger partial charge is 0.349 e. The molecule has 0 bridgehead atoms. The van der Waals surface area contributed by atoms with Gasteiger partial charge in [0.1, 0.15) is 17.4 Å². The minimum Gasteiger partial charge on any atom is -0.494 e. The highest BCUT2D eigenvalue weighted by molar-refractivity contribution is 6.03. The maximum Gasteiger partial charge on any atom is 0.349 e. The number of nitriles is 1. The van der Waals surface area contributed by atoms with Crippen LogP contribution in [0, 0.1) is 11.3 Å². The molecule has 1 aliphatic rings. The van der Waals surface area contributed by atoms with Crippen LogP contribution in [0.3, 0.4) is 0 Å². The number of nitrogens with zero attached hydrogens (tertiary/aromatic N) is 2.